The van der Waals surface area contributed by atoms with Crippen molar-refractivity contribution in [3.63, 3.8) is 0 Å². The van der Waals surface area contributed by atoms with Crippen molar-refractivity contribution in [1.29, 1.82) is 0 Å². The average Bonchev–Trinajstić information content (AvgIpc) is 2.48. The molecule has 2 heterocycles. The molecule has 2 amide bonds. The summed E-state index contributed by atoms with van der Waals surface area (Å²) in [7, 11) is -2.58. The van der Waals surface area contributed by atoms with Gasteiger partial charge in [-0.15, -0.1) is 0 Å². The third-order valence-corrected chi connectivity index (χ3v) is 6.49. The van der Waals surface area contributed by atoms with Gasteiger partial charge in [0.25, 0.3) is 5.91 Å². The molecule has 2 fully saturated rings. The second-order valence-corrected chi connectivity index (χ2v) is 7.76. The summed E-state index contributed by atoms with van der Waals surface area (Å²) in [6.45, 7) is 2.54. The number of likely N-dealkylation sites (N-methyl/N-ethyl adjacent to an activating group) is 1. The number of β-lactam (4-membered cyclic amide) rings is 1. The quantitative estimate of drug-likeness (QED) is 0.472. The number of hydrogen-bond acceptors (Lipinski definition) is 5. The molecule has 0 aromatic carbocycles. The largest absolute Gasteiger partial charge is 0.480 e. The Labute approximate surface area is 115 Å². The molecule has 2 saturated heterocycles. The van der Waals surface area contributed by atoms with Crippen LogP contribution in [0.5, 0.6) is 0 Å². The number of carboxylic acids is 1. The van der Waals surface area contributed by atoms with E-state index >= 15 is 0 Å². The number of nitrogens with zero attached hydrogens (tertiary/aromatic N) is 1. The van der Waals surface area contributed by atoms with Crippen LogP contribution >= 0.6 is 0 Å². The van der Waals surface area contributed by atoms with E-state index in [-0.39, 0.29) is 5.57 Å². The van der Waals surface area contributed by atoms with Crippen LogP contribution in [0.25, 0.3) is 0 Å². The molecule has 2 atom stereocenters. The van der Waals surface area contributed by atoms with Gasteiger partial charge in [-0.3, -0.25) is 9.59 Å². The topological polar surface area (TPSA) is 121 Å². The molecule has 0 aliphatic carbocycles. The van der Waals surface area contributed by atoms with E-state index in [0.717, 1.165) is 11.0 Å². The lowest BCUT2D eigenvalue weighted by Gasteiger charge is -2.37. The summed E-state index contributed by atoms with van der Waals surface area (Å²) < 4.78 is 23.2. The molecular weight excluding hydrogens is 288 g/mol. The summed E-state index contributed by atoms with van der Waals surface area (Å²) >= 11 is 0. The van der Waals surface area contributed by atoms with Crippen molar-refractivity contribution in [1.82, 2.24) is 10.2 Å². The second kappa shape index (κ2) is 4.05. The van der Waals surface area contributed by atoms with Gasteiger partial charge in [0, 0.05) is 13.1 Å². The van der Waals surface area contributed by atoms with Crippen LogP contribution in [0.3, 0.4) is 0 Å². The SMILES string of the molecule is CNC(=O)/C=C1/C(=O)N2[C@@H](C(=O)O)C(C)(C)S(=O)(=O)[C@@H]12. The first kappa shape index (κ1) is 14.5. The Balaban J connectivity index is 2.56. The fraction of sp³-hybridized carbons (Fsp3) is 0.545. The van der Waals surface area contributed by atoms with E-state index in [1.54, 1.807) is 0 Å². The number of hydrogen-bond donors (Lipinski definition) is 2. The molecule has 20 heavy (non-hydrogen) atoms. The van der Waals surface area contributed by atoms with E-state index in [1.807, 2.05) is 0 Å². The Morgan fingerprint density at radius 2 is 1.95 bits per heavy atom. The number of rotatable bonds is 2. The van der Waals surface area contributed by atoms with Gasteiger partial charge in [0.2, 0.25) is 5.91 Å². The minimum Gasteiger partial charge on any atom is -0.480 e. The molecule has 2 N–H and O–H groups in total. The Hall–Kier alpha value is -1.90. The number of amides is 2. The number of aliphatic carboxylic acids is 1. The lowest BCUT2D eigenvalue weighted by molar-refractivity contribution is -0.152. The van der Waals surface area contributed by atoms with E-state index in [4.69, 9.17) is 0 Å². The van der Waals surface area contributed by atoms with Crippen LogP contribution < -0.4 is 5.32 Å². The van der Waals surface area contributed by atoms with Crippen LogP contribution in [0.15, 0.2) is 11.6 Å². The highest BCUT2D eigenvalue weighted by atomic mass is 32.2. The zero-order valence-electron chi connectivity index (χ0n) is 11.1. The zero-order valence-corrected chi connectivity index (χ0v) is 11.9. The Morgan fingerprint density at radius 3 is 2.40 bits per heavy atom. The highest BCUT2D eigenvalue weighted by molar-refractivity contribution is 7.94. The molecule has 0 saturated carbocycles. The number of nitrogens with one attached hydrogen (secondary N) is 1. The van der Waals surface area contributed by atoms with Gasteiger partial charge in [-0.25, -0.2) is 13.2 Å². The third kappa shape index (κ3) is 1.52. The van der Waals surface area contributed by atoms with E-state index in [2.05, 4.69) is 5.32 Å². The van der Waals surface area contributed by atoms with Crippen LogP contribution in [0.1, 0.15) is 13.8 Å². The number of carbonyl (C=O) groups excluding carboxylic acids is 2. The molecule has 110 valence electrons. The lowest BCUT2D eigenvalue weighted by atomic mass is 9.95. The van der Waals surface area contributed by atoms with Crippen molar-refractivity contribution in [3.05, 3.63) is 11.6 Å². The Kier molecular flexibility index (Phi) is 2.93. The predicted octanol–water partition coefficient (Wildman–Crippen LogP) is -1.51. The van der Waals surface area contributed by atoms with Gasteiger partial charge >= 0.3 is 5.97 Å². The van der Waals surface area contributed by atoms with Crippen molar-refractivity contribution < 1.29 is 27.9 Å². The smallest absolute Gasteiger partial charge is 0.328 e. The number of sulfone groups is 1. The molecule has 0 unspecified atom stereocenters. The van der Waals surface area contributed by atoms with E-state index in [0.29, 0.717) is 0 Å². The first-order valence-corrected chi connectivity index (χ1v) is 7.34. The highest BCUT2D eigenvalue weighted by Gasteiger charge is 2.70. The summed E-state index contributed by atoms with van der Waals surface area (Å²) in [6, 6.07) is -1.45. The molecule has 0 spiro atoms. The van der Waals surface area contributed by atoms with Crippen LogP contribution in [0, 0.1) is 0 Å². The van der Waals surface area contributed by atoms with Gasteiger partial charge in [-0.1, -0.05) is 0 Å². The fourth-order valence-electron chi connectivity index (χ4n) is 2.56. The maximum absolute atomic E-state index is 12.4. The monoisotopic (exact) mass is 302 g/mol. The summed E-state index contributed by atoms with van der Waals surface area (Å²) in [4.78, 5) is 35.3. The van der Waals surface area contributed by atoms with Crippen molar-refractivity contribution in [3.8, 4) is 0 Å². The molecule has 0 aromatic rings. The minimum absolute atomic E-state index is 0.193. The maximum atomic E-state index is 12.4. The van der Waals surface area contributed by atoms with Crippen LogP contribution in [0.2, 0.25) is 0 Å². The molecule has 2 rings (SSSR count). The minimum atomic E-state index is -3.92. The summed E-state index contributed by atoms with van der Waals surface area (Å²) in [5.74, 6) is -2.73. The van der Waals surface area contributed by atoms with Crippen molar-refractivity contribution in [2.24, 2.45) is 0 Å². The van der Waals surface area contributed by atoms with E-state index in [1.165, 1.54) is 20.9 Å². The van der Waals surface area contributed by atoms with E-state index < -0.39 is 43.8 Å². The number of carbonyl (C=O) groups is 3. The first-order valence-electron chi connectivity index (χ1n) is 5.79. The van der Waals surface area contributed by atoms with Gasteiger partial charge in [-0.05, 0) is 13.8 Å². The second-order valence-electron chi connectivity index (χ2n) is 5.17. The summed E-state index contributed by atoms with van der Waals surface area (Å²) in [6.07, 6.45) is 0.904. The fourth-order valence-corrected chi connectivity index (χ4v) is 4.68. The summed E-state index contributed by atoms with van der Waals surface area (Å²) in [5, 5.41) is 10.1. The first-order chi connectivity index (χ1) is 9.07. The molecule has 0 bridgehead atoms. The average molecular weight is 302 g/mol. The predicted molar refractivity (Wildman–Crippen MR) is 67.2 cm³/mol. The molecular formula is C11H14N2O6S. The van der Waals surface area contributed by atoms with Gasteiger partial charge in [0.05, 0.1) is 5.57 Å². The Morgan fingerprint density at radius 1 is 1.40 bits per heavy atom. The third-order valence-electron chi connectivity index (χ3n) is 3.73. The molecule has 9 heteroatoms. The van der Waals surface area contributed by atoms with Gasteiger partial charge < -0.3 is 15.3 Å². The molecule has 8 nitrogen and oxygen atoms in total. The summed E-state index contributed by atoms with van der Waals surface area (Å²) in [5.41, 5.74) is -0.193. The molecule has 2 aliphatic rings. The van der Waals surface area contributed by atoms with Gasteiger partial charge in [0.1, 0.15) is 4.75 Å². The highest BCUT2D eigenvalue weighted by Crippen LogP contribution is 2.48. The van der Waals surface area contributed by atoms with Gasteiger partial charge in [0.15, 0.2) is 21.3 Å². The lowest BCUT2D eigenvalue weighted by Crippen LogP contribution is -2.59. The standard InChI is InChI=1S/C11H14N2O6S/c1-11(2)7(10(16)17)13-8(15)5(4-6(14)12-3)9(13)20(11,18)19/h4,7,9H,1-3H3,(H,12,14)(H,16,17)/b5-4-/t7-,9-/m0/s1. The van der Waals surface area contributed by atoms with Crippen LogP contribution in [-0.4, -0.2) is 59.4 Å². The molecule has 2 aliphatic heterocycles. The zero-order chi connectivity index (χ0) is 15.5. The van der Waals surface area contributed by atoms with Crippen LogP contribution in [-0.2, 0) is 24.2 Å². The van der Waals surface area contributed by atoms with Crippen molar-refractivity contribution in [2.45, 2.75) is 30.0 Å². The number of fused-ring (bicyclic) bond motifs is 1. The van der Waals surface area contributed by atoms with Crippen molar-refractivity contribution >= 4 is 27.6 Å². The molecule has 0 radical (unpaired) electrons. The van der Waals surface area contributed by atoms with E-state index in [9.17, 15) is 27.9 Å². The van der Waals surface area contributed by atoms with Gasteiger partial charge in [-0.2, -0.15) is 0 Å². The normalized spacial score (nSPS) is 31.6. The molecule has 0 aromatic heterocycles. The van der Waals surface area contributed by atoms with Crippen molar-refractivity contribution in [2.75, 3.05) is 7.05 Å². The maximum Gasteiger partial charge on any atom is 0.328 e. The number of carboxylic acid groups (broad SMARTS) is 1. The Bertz CT molecular complexity index is 648. The van der Waals surface area contributed by atoms with Crippen LogP contribution in [0.4, 0.5) is 0 Å².